The minimum absolute atomic E-state index is 0.00948. The first-order valence-electron chi connectivity index (χ1n) is 10.5. The van der Waals surface area contributed by atoms with E-state index in [-0.39, 0.29) is 23.8 Å². The van der Waals surface area contributed by atoms with Crippen LogP contribution in [-0.2, 0) is 22.6 Å². The van der Waals surface area contributed by atoms with Crippen molar-refractivity contribution in [2.24, 2.45) is 5.92 Å². The molecule has 0 aromatic heterocycles. The van der Waals surface area contributed by atoms with Crippen LogP contribution in [-0.4, -0.2) is 23.9 Å². The maximum absolute atomic E-state index is 12.9. The molecule has 0 saturated heterocycles. The van der Waals surface area contributed by atoms with Gasteiger partial charge in [-0.15, -0.1) is 0 Å². The molecule has 2 aromatic carbocycles. The summed E-state index contributed by atoms with van der Waals surface area (Å²) >= 11 is 0. The fourth-order valence-corrected chi connectivity index (χ4v) is 3.71. The number of quaternary nitrogens is 1. The lowest BCUT2D eigenvalue weighted by Gasteiger charge is -2.26. The van der Waals surface area contributed by atoms with Crippen molar-refractivity contribution in [2.75, 3.05) is 5.32 Å². The SMILES string of the molecule is CC(C)c1ccc(NC(=O)[C@@H](NC(=O)[C@@H]2Cc3ccccc3C[NH2+]2)C(C)C)cc1. The van der Waals surface area contributed by atoms with Crippen LogP contribution in [0.3, 0.4) is 0 Å². The Bertz CT molecular complexity index is 859. The van der Waals surface area contributed by atoms with Crippen molar-refractivity contribution in [3.8, 4) is 0 Å². The highest BCUT2D eigenvalue weighted by Gasteiger charge is 2.32. The quantitative estimate of drug-likeness (QED) is 0.704. The van der Waals surface area contributed by atoms with Gasteiger partial charge in [0.15, 0.2) is 6.04 Å². The zero-order valence-corrected chi connectivity index (χ0v) is 17.7. The molecule has 0 radical (unpaired) electrons. The Kier molecular flexibility index (Phi) is 6.70. The number of carbonyl (C=O) groups is 2. The van der Waals surface area contributed by atoms with Crippen molar-refractivity contribution in [3.05, 3.63) is 65.2 Å². The molecule has 5 nitrogen and oxygen atoms in total. The molecule has 3 rings (SSSR count). The molecule has 4 N–H and O–H groups in total. The van der Waals surface area contributed by atoms with Crippen LogP contribution in [0.5, 0.6) is 0 Å². The highest BCUT2D eigenvalue weighted by molar-refractivity contribution is 5.97. The van der Waals surface area contributed by atoms with Gasteiger partial charge < -0.3 is 16.0 Å². The van der Waals surface area contributed by atoms with Crippen molar-refractivity contribution in [2.45, 2.75) is 58.7 Å². The summed E-state index contributed by atoms with van der Waals surface area (Å²) in [5, 5.41) is 7.99. The zero-order valence-electron chi connectivity index (χ0n) is 17.7. The predicted octanol–water partition coefficient (Wildman–Crippen LogP) is 2.58. The molecule has 1 aliphatic rings. The van der Waals surface area contributed by atoms with Crippen LogP contribution in [0.15, 0.2) is 48.5 Å². The van der Waals surface area contributed by atoms with Crippen LogP contribution in [0.1, 0.15) is 50.3 Å². The average Bonchev–Trinajstić information content (AvgIpc) is 2.71. The summed E-state index contributed by atoms with van der Waals surface area (Å²) in [5.41, 5.74) is 4.47. The zero-order chi connectivity index (χ0) is 21.0. The monoisotopic (exact) mass is 394 g/mol. The summed E-state index contributed by atoms with van der Waals surface area (Å²) in [6.45, 7) is 8.96. The number of amides is 2. The molecule has 0 fully saturated rings. The lowest BCUT2D eigenvalue weighted by molar-refractivity contribution is -0.695. The normalized spacial score (nSPS) is 17.0. The standard InChI is InChI=1S/C24H31N3O2/c1-15(2)17-9-11-20(12-10-17)26-24(29)22(16(3)4)27-23(28)21-13-18-7-5-6-8-19(18)14-25-21/h5-12,15-16,21-22,25H,13-14H2,1-4H3,(H,26,29)(H,27,28)/p+1/t21-,22-/m0/s1. The Morgan fingerprint density at radius 2 is 1.62 bits per heavy atom. The van der Waals surface area contributed by atoms with Crippen LogP contribution in [0, 0.1) is 5.92 Å². The first-order valence-corrected chi connectivity index (χ1v) is 10.5. The van der Waals surface area contributed by atoms with Crippen molar-refractivity contribution >= 4 is 17.5 Å². The molecule has 5 heteroatoms. The van der Waals surface area contributed by atoms with Gasteiger partial charge in [-0.1, -0.05) is 64.1 Å². The average molecular weight is 395 g/mol. The molecule has 0 bridgehead atoms. The summed E-state index contributed by atoms with van der Waals surface area (Å²) in [6, 6.07) is 15.3. The number of carbonyl (C=O) groups excluding carboxylic acids is 2. The third-order valence-electron chi connectivity index (χ3n) is 5.61. The predicted molar refractivity (Wildman–Crippen MR) is 115 cm³/mol. The van der Waals surface area contributed by atoms with Crippen molar-refractivity contribution in [1.29, 1.82) is 0 Å². The molecule has 0 saturated carbocycles. The lowest BCUT2D eigenvalue weighted by Crippen LogP contribution is -2.93. The minimum atomic E-state index is -0.571. The van der Waals surface area contributed by atoms with Crippen molar-refractivity contribution < 1.29 is 14.9 Å². The van der Waals surface area contributed by atoms with E-state index in [2.05, 4.69) is 41.9 Å². The van der Waals surface area contributed by atoms with E-state index in [4.69, 9.17) is 0 Å². The number of hydrogen-bond donors (Lipinski definition) is 3. The number of hydrogen-bond acceptors (Lipinski definition) is 2. The maximum Gasteiger partial charge on any atom is 0.279 e. The van der Waals surface area contributed by atoms with Crippen LogP contribution >= 0.6 is 0 Å². The van der Waals surface area contributed by atoms with Crippen molar-refractivity contribution in [1.82, 2.24) is 5.32 Å². The number of benzene rings is 2. The van der Waals surface area contributed by atoms with E-state index in [1.54, 1.807) is 0 Å². The van der Waals surface area contributed by atoms with Gasteiger partial charge in [0, 0.05) is 17.7 Å². The third-order valence-corrected chi connectivity index (χ3v) is 5.61. The van der Waals surface area contributed by atoms with E-state index in [0.717, 1.165) is 12.2 Å². The molecule has 0 aliphatic carbocycles. The summed E-state index contributed by atoms with van der Waals surface area (Å²) in [6.07, 6.45) is 0.686. The van der Waals surface area contributed by atoms with Crippen LogP contribution in [0.2, 0.25) is 0 Å². The fourth-order valence-electron chi connectivity index (χ4n) is 3.71. The fraction of sp³-hybridized carbons (Fsp3) is 0.417. The first kappa shape index (κ1) is 21.1. The Hall–Kier alpha value is -2.66. The van der Waals surface area contributed by atoms with Crippen LogP contribution in [0.25, 0.3) is 0 Å². The molecule has 0 unspecified atom stereocenters. The van der Waals surface area contributed by atoms with E-state index in [9.17, 15) is 9.59 Å². The highest BCUT2D eigenvalue weighted by atomic mass is 16.2. The smallest absolute Gasteiger partial charge is 0.279 e. The molecule has 1 aliphatic heterocycles. The van der Waals surface area contributed by atoms with Gasteiger partial charge in [0.05, 0.1) is 0 Å². The van der Waals surface area contributed by atoms with Gasteiger partial charge >= 0.3 is 0 Å². The van der Waals surface area contributed by atoms with E-state index in [1.165, 1.54) is 16.7 Å². The number of rotatable bonds is 6. The molecule has 2 aromatic rings. The van der Waals surface area contributed by atoms with E-state index in [0.29, 0.717) is 12.3 Å². The van der Waals surface area contributed by atoms with Gasteiger partial charge in [0.1, 0.15) is 12.6 Å². The molecule has 29 heavy (non-hydrogen) atoms. The van der Waals surface area contributed by atoms with Gasteiger partial charge in [-0.3, -0.25) is 9.59 Å². The Morgan fingerprint density at radius 3 is 2.24 bits per heavy atom. The van der Waals surface area contributed by atoms with Crippen molar-refractivity contribution in [3.63, 3.8) is 0 Å². The summed E-state index contributed by atoms with van der Waals surface area (Å²) in [7, 11) is 0. The third kappa shape index (κ3) is 5.24. The number of nitrogens with two attached hydrogens (primary N) is 1. The lowest BCUT2D eigenvalue weighted by atomic mass is 9.94. The molecular weight excluding hydrogens is 362 g/mol. The summed E-state index contributed by atoms with van der Waals surface area (Å²) in [5.74, 6) is 0.175. The molecular formula is C24H32N3O2+. The second-order valence-corrected chi connectivity index (χ2v) is 8.52. The Balaban J connectivity index is 1.63. The van der Waals surface area contributed by atoms with Gasteiger partial charge in [-0.2, -0.15) is 0 Å². The van der Waals surface area contributed by atoms with Crippen LogP contribution in [0.4, 0.5) is 5.69 Å². The van der Waals surface area contributed by atoms with Gasteiger partial charge in [0.25, 0.3) is 5.91 Å². The van der Waals surface area contributed by atoms with E-state index >= 15 is 0 Å². The van der Waals surface area contributed by atoms with Gasteiger partial charge in [0.2, 0.25) is 5.91 Å². The van der Waals surface area contributed by atoms with Gasteiger partial charge in [-0.25, -0.2) is 0 Å². The second-order valence-electron chi connectivity index (χ2n) is 8.52. The number of fused-ring (bicyclic) bond motifs is 1. The molecule has 154 valence electrons. The highest BCUT2D eigenvalue weighted by Crippen LogP contribution is 2.18. The molecule has 1 heterocycles. The second kappa shape index (κ2) is 9.23. The number of anilines is 1. The van der Waals surface area contributed by atoms with Crippen LogP contribution < -0.4 is 16.0 Å². The summed E-state index contributed by atoms with van der Waals surface area (Å²) < 4.78 is 0. The molecule has 2 amide bonds. The summed E-state index contributed by atoms with van der Waals surface area (Å²) in [4.78, 5) is 25.7. The first-order chi connectivity index (χ1) is 13.8. The topological polar surface area (TPSA) is 74.8 Å². The van der Waals surface area contributed by atoms with E-state index < -0.39 is 6.04 Å². The molecule has 2 atom stereocenters. The molecule has 0 spiro atoms. The largest absolute Gasteiger partial charge is 0.339 e. The number of nitrogens with one attached hydrogen (secondary N) is 2. The maximum atomic E-state index is 12.9. The van der Waals surface area contributed by atoms with Gasteiger partial charge in [-0.05, 0) is 35.1 Å². The Labute approximate surface area is 173 Å². The van der Waals surface area contributed by atoms with E-state index in [1.807, 2.05) is 50.2 Å². The Morgan fingerprint density at radius 1 is 0.966 bits per heavy atom. The minimum Gasteiger partial charge on any atom is -0.339 e.